The molecule has 0 spiro atoms. The smallest absolute Gasteiger partial charge is 0.206 e. The topological polar surface area (TPSA) is 90.1 Å². The van der Waals surface area contributed by atoms with Gasteiger partial charge in [0.25, 0.3) is 0 Å². The van der Waals surface area contributed by atoms with Gasteiger partial charge in [-0.2, -0.15) is 0 Å². The zero-order chi connectivity index (χ0) is 14.3. The molecule has 0 saturated carbocycles. The Bertz CT molecular complexity index is 227. The molecule has 0 aromatic rings. The highest BCUT2D eigenvalue weighted by Crippen LogP contribution is 1.92. The maximum Gasteiger partial charge on any atom is 0.206 e. The van der Waals surface area contributed by atoms with E-state index in [0.717, 1.165) is 19.4 Å². The number of methoxy groups -OCH3 is 2. The lowest BCUT2D eigenvalue weighted by Gasteiger charge is -2.15. The Morgan fingerprint density at radius 1 is 1.16 bits per heavy atom. The number of ether oxygens (including phenoxy) is 3. The van der Waals surface area contributed by atoms with Gasteiger partial charge in [0.1, 0.15) is 0 Å². The van der Waals surface area contributed by atoms with E-state index in [1.807, 2.05) is 6.92 Å². The number of aliphatic imine (C=N–C) groups is 1. The highest BCUT2D eigenvalue weighted by molar-refractivity contribution is 5.79. The molecular weight excluding hydrogens is 248 g/mol. The van der Waals surface area contributed by atoms with E-state index in [0.29, 0.717) is 32.3 Å². The van der Waals surface area contributed by atoms with Crippen LogP contribution in [0.25, 0.3) is 0 Å². The SMILES string of the molecule is COCCOCCCCN=C(NN)NC(C)COC. The van der Waals surface area contributed by atoms with Crippen LogP contribution in [0.1, 0.15) is 19.8 Å². The molecule has 4 N–H and O–H groups in total. The van der Waals surface area contributed by atoms with Gasteiger partial charge in [0, 0.05) is 33.4 Å². The van der Waals surface area contributed by atoms with Crippen molar-refractivity contribution in [2.45, 2.75) is 25.8 Å². The van der Waals surface area contributed by atoms with Gasteiger partial charge in [-0.25, -0.2) is 5.84 Å². The van der Waals surface area contributed by atoms with Gasteiger partial charge in [-0.15, -0.1) is 0 Å². The van der Waals surface area contributed by atoms with Crippen LogP contribution in [0.4, 0.5) is 0 Å². The summed E-state index contributed by atoms with van der Waals surface area (Å²) in [6, 6.07) is 0.164. The Morgan fingerprint density at radius 2 is 1.95 bits per heavy atom. The second-order valence-corrected chi connectivity index (χ2v) is 4.19. The fraction of sp³-hybridized carbons (Fsp3) is 0.917. The van der Waals surface area contributed by atoms with Crippen LogP contribution < -0.4 is 16.6 Å². The first-order valence-electron chi connectivity index (χ1n) is 6.57. The predicted molar refractivity (Wildman–Crippen MR) is 76.0 cm³/mol. The van der Waals surface area contributed by atoms with Gasteiger partial charge in [-0.05, 0) is 19.8 Å². The molecule has 0 radical (unpaired) electrons. The van der Waals surface area contributed by atoms with Gasteiger partial charge in [0.2, 0.25) is 5.96 Å². The molecule has 1 unspecified atom stereocenters. The van der Waals surface area contributed by atoms with E-state index in [1.54, 1.807) is 14.2 Å². The van der Waals surface area contributed by atoms with Gasteiger partial charge in [0.05, 0.1) is 19.8 Å². The maximum atomic E-state index is 5.39. The molecule has 19 heavy (non-hydrogen) atoms. The van der Waals surface area contributed by atoms with Gasteiger partial charge in [-0.1, -0.05) is 0 Å². The molecule has 0 heterocycles. The molecule has 1 atom stereocenters. The number of rotatable bonds is 11. The lowest BCUT2D eigenvalue weighted by molar-refractivity contribution is 0.0690. The second-order valence-electron chi connectivity index (χ2n) is 4.19. The van der Waals surface area contributed by atoms with Crippen molar-refractivity contribution in [3.05, 3.63) is 0 Å². The number of nitrogens with zero attached hydrogens (tertiary/aromatic N) is 1. The molecule has 114 valence electrons. The lowest BCUT2D eigenvalue weighted by Crippen LogP contribution is -2.46. The van der Waals surface area contributed by atoms with Crippen LogP contribution in [0.3, 0.4) is 0 Å². The molecule has 0 aliphatic heterocycles. The summed E-state index contributed by atoms with van der Waals surface area (Å²) in [5.74, 6) is 5.98. The highest BCUT2D eigenvalue weighted by atomic mass is 16.5. The van der Waals surface area contributed by atoms with E-state index in [1.165, 1.54) is 0 Å². The van der Waals surface area contributed by atoms with Crippen molar-refractivity contribution in [2.24, 2.45) is 10.8 Å². The van der Waals surface area contributed by atoms with Gasteiger partial charge < -0.3 is 19.5 Å². The van der Waals surface area contributed by atoms with E-state index in [4.69, 9.17) is 20.1 Å². The van der Waals surface area contributed by atoms with Crippen LogP contribution in [0, 0.1) is 0 Å². The molecule has 7 nitrogen and oxygen atoms in total. The molecule has 0 saturated heterocycles. The second kappa shape index (κ2) is 13.5. The van der Waals surface area contributed by atoms with Crippen molar-refractivity contribution in [3.8, 4) is 0 Å². The Hall–Kier alpha value is -0.890. The summed E-state index contributed by atoms with van der Waals surface area (Å²) in [6.07, 6.45) is 1.93. The summed E-state index contributed by atoms with van der Waals surface area (Å²) < 4.78 is 15.3. The molecule has 7 heteroatoms. The number of unbranched alkanes of at least 4 members (excludes halogenated alkanes) is 1. The maximum absolute atomic E-state index is 5.39. The minimum Gasteiger partial charge on any atom is -0.383 e. The fourth-order valence-corrected chi connectivity index (χ4v) is 1.41. The normalized spacial score (nSPS) is 13.4. The number of hydrazine groups is 1. The first-order chi connectivity index (χ1) is 9.24. The molecule has 0 bridgehead atoms. The zero-order valence-electron chi connectivity index (χ0n) is 12.3. The molecule has 0 aromatic heterocycles. The fourth-order valence-electron chi connectivity index (χ4n) is 1.41. The van der Waals surface area contributed by atoms with E-state index in [-0.39, 0.29) is 6.04 Å². The third kappa shape index (κ3) is 11.9. The van der Waals surface area contributed by atoms with E-state index in [9.17, 15) is 0 Å². The number of guanidine groups is 1. The zero-order valence-corrected chi connectivity index (χ0v) is 12.3. The van der Waals surface area contributed by atoms with Crippen molar-refractivity contribution in [1.82, 2.24) is 10.7 Å². The Labute approximate surface area is 115 Å². The summed E-state index contributed by atoms with van der Waals surface area (Å²) in [5, 5.41) is 3.13. The summed E-state index contributed by atoms with van der Waals surface area (Å²) in [7, 11) is 3.32. The van der Waals surface area contributed by atoms with E-state index in [2.05, 4.69) is 15.7 Å². The van der Waals surface area contributed by atoms with E-state index < -0.39 is 0 Å². The number of hydrogen-bond acceptors (Lipinski definition) is 5. The lowest BCUT2D eigenvalue weighted by atomic mass is 10.3. The van der Waals surface area contributed by atoms with Crippen LogP contribution in [-0.4, -0.2) is 59.2 Å². The number of hydrogen-bond donors (Lipinski definition) is 3. The third-order valence-corrected chi connectivity index (χ3v) is 2.34. The first-order valence-corrected chi connectivity index (χ1v) is 6.57. The standard InChI is InChI=1S/C12H28N4O3/c1-11(10-18-3)15-12(16-13)14-6-4-5-7-19-9-8-17-2/h11H,4-10,13H2,1-3H3,(H2,14,15,16). The monoisotopic (exact) mass is 276 g/mol. The third-order valence-electron chi connectivity index (χ3n) is 2.34. The van der Waals surface area contributed by atoms with Gasteiger partial charge >= 0.3 is 0 Å². The van der Waals surface area contributed by atoms with Crippen LogP contribution in [-0.2, 0) is 14.2 Å². The van der Waals surface area contributed by atoms with Crippen LogP contribution >= 0.6 is 0 Å². The Morgan fingerprint density at radius 3 is 2.58 bits per heavy atom. The molecular formula is C12H28N4O3. The van der Waals surface area contributed by atoms with Crippen LogP contribution in [0.2, 0.25) is 0 Å². The molecule has 0 aliphatic carbocycles. The minimum absolute atomic E-state index is 0.164. The average molecular weight is 276 g/mol. The first kappa shape index (κ1) is 18.1. The quantitative estimate of drug-likeness (QED) is 0.160. The van der Waals surface area contributed by atoms with Crippen molar-refractivity contribution in [2.75, 3.05) is 47.2 Å². The Kier molecular flexibility index (Phi) is 12.9. The molecule has 0 aromatic carbocycles. The van der Waals surface area contributed by atoms with Gasteiger partial charge in [-0.3, -0.25) is 10.4 Å². The summed E-state index contributed by atoms with van der Waals surface area (Å²) in [6.45, 7) is 5.33. The molecule has 0 aliphatic rings. The molecule has 0 rings (SSSR count). The minimum atomic E-state index is 0.164. The average Bonchev–Trinajstić information content (AvgIpc) is 2.40. The predicted octanol–water partition coefficient (Wildman–Crippen LogP) is -0.127. The highest BCUT2D eigenvalue weighted by Gasteiger charge is 2.02. The summed E-state index contributed by atoms with van der Waals surface area (Å²) in [4.78, 5) is 4.33. The van der Waals surface area contributed by atoms with Gasteiger partial charge in [0.15, 0.2) is 0 Å². The largest absolute Gasteiger partial charge is 0.383 e. The Balaban J connectivity index is 3.59. The summed E-state index contributed by atoms with van der Waals surface area (Å²) in [5.41, 5.74) is 2.55. The van der Waals surface area contributed by atoms with Crippen LogP contribution in [0.5, 0.6) is 0 Å². The number of nitrogens with one attached hydrogen (secondary N) is 2. The van der Waals surface area contributed by atoms with Crippen LogP contribution in [0.15, 0.2) is 4.99 Å². The van der Waals surface area contributed by atoms with Crippen molar-refractivity contribution in [3.63, 3.8) is 0 Å². The van der Waals surface area contributed by atoms with E-state index >= 15 is 0 Å². The van der Waals surface area contributed by atoms with Crippen molar-refractivity contribution in [1.29, 1.82) is 0 Å². The molecule has 0 fully saturated rings. The van der Waals surface area contributed by atoms with Crippen molar-refractivity contribution < 1.29 is 14.2 Å². The number of nitrogens with two attached hydrogens (primary N) is 1. The van der Waals surface area contributed by atoms with Crippen molar-refractivity contribution >= 4 is 5.96 Å². The molecule has 0 amide bonds. The summed E-state index contributed by atoms with van der Waals surface area (Å²) >= 11 is 0.